The Morgan fingerprint density at radius 2 is 1.75 bits per heavy atom. The first-order valence-corrected chi connectivity index (χ1v) is 6.50. The zero-order valence-electron chi connectivity index (χ0n) is 8.97. The van der Waals surface area contributed by atoms with E-state index in [1.807, 2.05) is 0 Å². The van der Waals surface area contributed by atoms with Gasteiger partial charge in [0.2, 0.25) is 0 Å². The SMILES string of the molecule is O.O=C(O)C12CC3C4C5CC(C6C5C3C61)C42. The van der Waals surface area contributed by atoms with Crippen LogP contribution in [0.1, 0.15) is 12.8 Å². The first-order chi connectivity index (χ1) is 7.27. The van der Waals surface area contributed by atoms with Crippen LogP contribution in [0.5, 0.6) is 0 Å². The molecular formula is C13H16O3. The topological polar surface area (TPSA) is 68.8 Å². The van der Waals surface area contributed by atoms with E-state index in [0.717, 1.165) is 47.8 Å². The highest BCUT2D eigenvalue weighted by Gasteiger charge is 2.92. The van der Waals surface area contributed by atoms with Crippen LogP contribution in [0.25, 0.3) is 0 Å². The van der Waals surface area contributed by atoms with Crippen molar-refractivity contribution in [3.63, 3.8) is 0 Å². The molecule has 3 heteroatoms. The molecule has 0 radical (unpaired) electrons. The minimum Gasteiger partial charge on any atom is -0.481 e. The predicted molar refractivity (Wildman–Crippen MR) is 54.3 cm³/mol. The van der Waals surface area contributed by atoms with E-state index in [4.69, 9.17) is 0 Å². The molecule has 0 amide bonds. The second-order valence-corrected chi connectivity index (χ2v) is 7.14. The molecule has 16 heavy (non-hydrogen) atoms. The molecule has 7 rings (SSSR count). The summed E-state index contributed by atoms with van der Waals surface area (Å²) >= 11 is 0. The monoisotopic (exact) mass is 220 g/mol. The van der Waals surface area contributed by atoms with Gasteiger partial charge in [-0.25, -0.2) is 0 Å². The summed E-state index contributed by atoms with van der Waals surface area (Å²) < 4.78 is 0. The van der Waals surface area contributed by atoms with Crippen LogP contribution in [0.15, 0.2) is 0 Å². The van der Waals surface area contributed by atoms with Crippen molar-refractivity contribution in [2.45, 2.75) is 12.8 Å². The van der Waals surface area contributed by atoms with E-state index in [0.29, 0.717) is 11.8 Å². The molecule has 0 aromatic carbocycles. The molecule has 4 bridgehead atoms. The lowest BCUT2D eigenvalue weighted by molar-refractivity contribution is -0.156. The molecule has 10 atom stereocenters. The molecule has 0 aromatic rings. The van der Waals surface area contributed by atoms with Crippen molar-refractivity contribution < 1.29 is 15.4 Å². The Bertz CT molecular complexity index is 436. The molecule has 0 aliphatic heterocycles. The van der Waals surface area contributed by atoms with Crippen molar-refractivity contribution in [1.82, 2.24) is 0 Å². The van der Waals surface area contributed by atoms with Crippen molar-refractivity contribution in [3.05, 3.63) is 0 Å². The van der Waals surface area contributed by atoms with Crippen LogP contribution in [0.3, 0.4) is 0 Å². The lowest BCUT2D eigenvalue weighted by atomic mass is 9.57. The average molecular weight is 220 g/mol. The van der Waals surface area contributed by atoms with Gasteiger partial charge in [0, 0.05) is 0 Å². The standard InChI is InChI=1S/C13H14O2.H2O/c14-12(15)13-2-5-6-3-1-4(10(6)13)8-7(3)9(5)11(8)13;/h3-11H,1-2H2,(H,14,15);1H2. The van der Waals surface area contributed by atoms with Crippen molar-refractivity contribution in [2.75, 3.05) is 0 Å². The zero-order valence-corrected chi connectivity index (χ0v) is 8.97. The van der Waals surface area contributed by atoms with Crippen LogP contribution in [-0.2, 0) is 4.79 Å². The smallest absolute Gasteiger partial charge is 0.310 e. The number of carboxylic acids is 1. The molecule has 0 spiro atoms. The maximum Gasteiger partial charge on any atom is 0.310 e. The van der Waals surface area contributed by atoms with Gasteiger partial charge < -0.3 is 10.6 Å². The van der Waals surface area contributed by atoms with Crippen molar-refractivity contribution in [2.24, 2.45) is 58.7 Å². The summed E-state index contributed by atoms with van der Waals surface area (Å²) in [5, 5.41) is 9.68. The Morgan fingerprint density at radius 1 is 1.00 bits per heavy atom. The van der Waals surface area contributed by atoms with Gasteiger partial charge in [-0.05, 0) is 66.1 Å². The highest BCUT2D eigenvalue weighted by Crippen LogP contribution is 2.94. The zero-order chi connectivity index (χ0) is 9.69. The Kier molecular flexibility index (Phi) is 0.988. The normalized spacial score (nSPS) is 77.1. The van der Waals surface area contributed by atoms with Gasteiger partial charge in [0.25, 0.3) is 0 Å². The third kappa shape index (κ3) is 0.418. The fourth-order valence-corrected chi connectivity index (χ4v) is 8.28. The highest BCUT2D eigenvalue weighted by molar-refractivity contribution is 5.79. The van der Waals surface area contributed by atoms with Gasteiger partial charge in [0.05, 0.1) is 5.41 Å². The van der Waals surface area contributed by atoms with Gasteiger partial charge in [0.1, 0.15) is 0 Å². The molecule has 0 aromatic heterocycles. The average Bonchev–Trinajstić information content (AvgIpc) is 2.70. The fraction of sp³-hybridized carbons (Fsp3) is 0.923. The number of carboxylic acid groups (broad SMARTS) is 1. The Hall–Kier alpha value is -0.570. The second kappa shape index (κ2) is 1.86. The molecule has 7 fully saturated rings. The molecule has 86 valence electrons. The molecule has 7 aliphatic carbocycles. The minimum atomic E-state index is -0.416. The lowest BCUT2D eigenvalue weighted by Crippen LogP contribution is -2.47. The van der Waals surface area contributed by atoms with Gasteiger partial charge in [-0.2, -0.15) is 0 Å². The van der Waals surface area contributed by atoms with Crippen LogP contribution >= 0.6 is 0 Å². The van der Waals surface area contributed by atoms with Crippen LogP contribution in [0.4, 0.5) is 0 Å². The molecule has 0 heterocycles. The number of hydrogen-bond acceptors (Lipinski definition) is 1. The first-order valence-electron chi connectivity index (χ1n) is 6.50. The number of rotatable bonds is 1. The van der Waals surface area contributed by atoms with E-state index in [1.165, 1.54) is 6.42 Å². The van der Waals surface area contributed by atoms with Crippen molar-refractivity contribution >= 4 is 5.97 Å². The summed E-state index contributed by atoms with van der Waals surface area (Å²) in [4.78, 5) is 11.7. The second-order valence-electron chi connectivity index (χ2n) is 7.14. The Labute approximate surface area is 93.5 Å². The van der Waals surface area contributed by atoms with E-state index in [2.05, 4.69) is 0 Å². The molecule has 7 saturated carbocycles. The highest BCUT2D eigenvalue weighted by atomic mass is 16.4. The van der Waals surface area contributed by atoms with E-state index >= 15 is 0 Å². The van der Waals surface area contributed by atoms with Gasteiger partial charge in [-0.15, -0.1) is 0 Å². The van der Waals surface area contributed by atoms with Gasteiger partial charge >= 0.3 is 5.97 Å². The summed E-state index contributed by atoms with van der Waals surface area (Å²) in [5.41, 5.74) is -0.197. The maximum absolute atomic E-state index is 11.7. The molecule has 3 nitrogen and oxygen atoms in total. The first kappa shape index (κ1) is 8.51. The fourth-order valence-electron chi connectivity index (χ4n) is 8.28. The predicted octanol–water partition coefficient (Wildman–Crippen LogP) is 0.640. The summed E-state index contributed by atoms with van der Waals surface area (Å²) in [6, 6.07) is 0. The van der Waals surface area contributed by atoms with Gasteiger partial charge in [-0.3, -0.25) is 4.79 Å². The Balaban J connectivity index is 0.000000667. The van der Waals surface area contributed by atoms with E-state index < -0.39 is 5.97 Å². The van der Waals surface area contributed by atoms with Gasteiger partial charge in [0.15, 0.2) is 0 Å². The van der Waals surface area contributed by atoms with Crippen LogP contribution < -0.4 is 0 Å². The summed E-state index contributed by atoms with van der Waals surface area (Å²) in [5.74, 6) is 7.20. The number of aliphatic carboxylic acids is 1. The van der Waals surface area contributed by atoms with Crippen LogP contribution in [-0.4, -0.2) is 16.6 Å². The van der Waals surface area contributed by atoms with Crippen LogP contribution in [0.2, 0.25) is 0 Å². The summed E-state index contributed by atoms with van der Waals surface area (Å²) in [7, 11) is 0. The largest absolute Gasteiger partial charge is 0.481 e. The van der Waals surface area contributed by atoms with Crippen molar-refractivity contribution in [1.29, 1.82) is 0 Å². The van der Waals surface area contributed by atoms with Gasteiger partial charge in [-0.1, -0.05) is 0 Å². The third-order valence-electron chi connectivity index (χ3n) is 7.77. The van der Waals surface area contributed by atoms with E-state index in [-0.39, 0.29) is 10.9 Å². The number of carbonyl (C=O) groups is 1. The van der Waals surface area contributed by atoms with Crippen LogP contribution in [0, 0.1) is 58.7 Å². The minimum absolute atomic E-state index is 0. The molecule has 7 aliphatic rings. The molecule has 3 N–H and O–H groups in total. The van der Waals surface area contributed by atoms with E-state index in [9.17, 15) is 9.90 Å². The third-order valence-corrected chi connectivity index (χ3v) is 7.77. The maximum atomic E-state index is 11.7. The van der Waals surface area contributed by atoms with Crippen molar-refractivity contribution in [3.8, 4) is 0 Å². The summed E-state index contributed by atoms with van der Waals surface area (Å²) in [6.07, 6.45) is 2.50. The number of hydrogen-bond donors (Lipinski definition) is 1. The lowest BCUT2D eigenvalue weighted by Gasteiger charge is -2.46. The molecule has 10 unspecified atom stereocenters. The molecular weight excluding hydrogens is 204 g/mol. The quantitative estimate of drug-likeness (QED) is 0.704. The van der Waals surface area contributed by atoms with E-state index in [1.54, 1.807) is 0 Å². The molecule has 0 saturated heterocycles. The summed E-state index contributed by atoms with van der Waals surface area (Å²) in [6.45, 7) is 0. The Morgan fingerprint density at radius 3 is 2.50 bits per heavy atom.